The van der Waals surface area contributed by atoms with Crippen LogP contribution in [0, 0.1) is 25.2 Å². The Morgan fingerprint density at radius 2 is 2.00 bits per heavy atom. The molecule has 0 saturated carbocycles. The fourth-order valence-electron chi connectivity index (χ4n) is 1.91. The highest BCUT2D eigenvalue weighted by Crippen LogP contribution is 2.21. The van der Waals surface area contributed by atoms with Crippen molar-refractivity contribution in [2.75, 3.05) is 17.2 Å². The summed E-state index contributed by atoms with van der Waals surface area (Å²) in [7, 11) is 0. The van der Waals surface area contributed by atoms with Gasteiger partial charge in [0, 0.05) is 24.0 Å². The molecule has 2 N–H and O–H groups in total. The van der Waals surface area contributed by atoms with E-state index in [4.69, 9.17) is 5.26 Å². The first kappa shape index (κ1) is 14.8. The van der Waals surface area contributed by atoms with Crippen molar-refractivity contribution in [1.29, 1.82) is 5.26 Å². The largest absolute Gasteiger partial charge is 0.354 e. The van der Waals surface area contributed by atoms with Crippen LogP contribution in [0.3, 0.4) is 0 Å². The van der Waals surface area contributed by atoms with Crippen LogP contribution < -0.4 is 10.6 Å². The molecule has 0 spiro atoms. The van der Waals surface area contributed by atoms with Crippen molar-refractivity contribution in [1.82, 2.24) is 9.97 Å². The first-order valence-corrected chi connectivity index (χ1v) is 6.99. The van der Waals surface area contributed by atoms with Crippen LogP contribution in [-0.2, 0) is 0 Å². The summed E-state index contributed by atoms with van der Waals surface area (Å²) in [6.07, 6.45) is 1.02. The highest BCUT2D eigenvalue weighted by molar-refractivity contribution is 5.63. The van der Waals surface area contributed by atoms with Crippen molar-refractivity contribution >= 4 is 17.5 Å². The van der Waals surface area contributed by atoms with E-state index in [0.717, 1.165) is 35.7 Å². The van der Waals surface area contributed by atoms with Gasteiger partial charge >= 0.3 is 0 Å². The Morgan fingerprint density at radius 1 is 1.19 bits per heavy atom. The monoisotopic (exact) mass is 281 g/mol. The molecule has 0 bridgehead atoms. The summed E-state index contributed by atoms with van der Waals surface area (Å²) in [5, 5.41) is 15.4. The van der Waals surface area contributed by atoms with Crippen molar-refractivity contribution in [3.8, 4) is 6.07 Å². The number of nitrogens with one attached hydrogen (secondary N) is 2. The van der Waals surface area contributed by atoms with Gasteiger partial charge in [-0.3, -0.25) is 0 Å². The second-order valence-electron chi connectivity index (χ2n) is 4.91. The number of hydrogen-bond donors (Lipinski definition) is 2. The van der Waals surface area contributed by atoms with Crippen LogP contribution in [0.1, 0.15) is 30.2 Å². The molecule has 21 heavy (non-hydrogen) atoms. The number of rotatable bonds is 5. The van der Waals surface area contributed by atoms with Crippen molar-refractivity contribution in [3.05, 3.63) is 41.1 Å². The average Bonchev–Trinajstić information content (AvgIpc) is 2.47. The van der Waals surface area contributed by atoms with Crippen LogP contribution >= 0.6 is 0 Å². The number of aryl methyl sites for hydroxylation is 2. The maximum Gasteiger partial charge on any atom is 0.224 e. The Kier molecular flexibility index (Phi) is 4.72. The van der Waals surface area contributed by atoms with E-state index in [1.807, 2.05) is 32.0 Å². The van der Waals surface area contributed by atoms with Crippen LogP contribution in [0.5, 0.6) is 0 Å². The van der Waals surface area contributed by atoms with Crippen molar-refractivity contribution in [2.45, 2.75) is 27.2 Å². The fraction of sp³-hybridized carbons (Fsp3) is 0.312. The summed E-state index contributed by atoms with van der Waals surface area (Å²) in [6, 6.07) is 9.58. The van der Waals surface area contributed by atoms with Gasteiger partial charge in [0.05, 0.1) is 11.6 Å². The van der Waals surface area contributed by atoms with E-state index in [1.165, 1.54) is 0 Å². The molecule has 1 aromatic heterocycles. The Hall–Kier alpha value is -2.61. The minimum absolute atomic E-state index is 0.619. The van der Waals surface area contributed by atoms with E-state index < -0.39 is 0 Å². The van der Waals surface area contributed by atoms with E-state index in [-0.39, 0.29) is 0 Å². The van der Waals surface area contributed by atoms with Gasteiger partial charge in [-0.05, 0) is 38.0 Å². The minimum Gasteiger partial charge on any atom is -0.354 e. The van der Waals surface area contributed by atoms with Gasteiger partial charge in [-0.1, -0.05) is 13.0 Å². The van der Waals surface area contributed by atoms with E-state index in [2.05, 4.69) is 33.6 Å². The highest BCUT2D eigenvalue weighted by atomic mass is 15.1. The molecule has 0 saturated heterocycles. The number of nitrogens with zero attached hydrogens (tertiary/aromatic N) is 3. The standard InChI is InChI=1S/C16H19N5/c1-4-7-18-16-19-12(3)8-15(21-16)20-14-9-13(10-17)6-5-11(14)2/h5-6,8-9H,4,7H2,1-3H3,(H2,18,19,20,21). The Balaban J connectivity index is 2.27. The first-order valence-electron chi connectivity index (χ1n) is 6.99. The average molecular weight is 281 g/mol. The molecule has 0 unspecified atom stereocenters. The summed E-state index contributed by atoms with van der Waals surface area (Å²) in [6.45, 7) is 6.86. The maximum atomic E-state index is 8.99. The van der Waals surface area contributed by atoms with Gasteiger partial charge in [0.2, 0.25) is 5.95 Å². The number of hydrogen-bond acceptors (Lipinski definition) is 5. The number of nitriles is 1. The third kappa shape index (κ3) is 3.93. The molecule has 5 heteroatoms. The van der Waals surface area contributed by atoms with E-state index in [9.17, 15) is 0 Å². The van der Waals surface area contributed by atoms with Gasteiger partial charge in [-0.2, -0.15) is 10.2 Å². The topological polar surface area (TPSA) is 73.6 Å². The molecule has 2 aromatic rings. The van der Waals surface area contributed by atoms with Crippen molar-refractivity contribution in [2.24, 2.45) is 0 Å². The summed E-state index contributed by atoms with van der Waals surface area (Å²) >= 11 is 0. The van der Waals surface area contributed by atoms with Crippen LogP contribution in [0.25, 0.3) is 0 Å². The Bertz CT molecular complexity index is 673. The van der Waals surface area contributed by atoms with Gasteiger partial charge in [0.1, 0.15) is 5.82 Å². The zero-order valence-electron chi connectivity index (χ0n) is 12.6. The van der Waals surface area contributed by atoms with E-state index in [1.54, 1.807) is 6.07 Å². The predicted octanol–water partition coefficient (Wildman–Crippen LogP) is 3.53. The Labute approximate surface area is 125 Å². The van der Waals surface area contributed by atoms with Gasteiger partial charge in [0.15, 0.2) is 0 Å². The Morgan fingerprint density at radius 3 is 2.71 bits per heavy atom. The lowest BCUT2D eigenvalue weighted by Crippen LogP contribution is -2.07. The molecule has 0 aliphatic rings. The molecule has 108 valence electrons. The highest BCUT2D eigenvalue weighted by Gasteiger charge is 2.05. The van der Waals surface area contributed by atoms with Crippen LogP contribution in [0.4, 0.5) is 17.5 Å². The lowest BCUT2D eigenvalue weighted by atomic mass is 10.1. The lowest BCUT2D eigenvalue weighted by Gasteiger charge is -2.11. The summed E-state index contributed by atoms with van der Waals surface area (Å²) < 4.78 is 0. The van der Waals surface area contributed by atoms with Gasteiger partial charge in [0.25, 0.3) is 0 Å². The fourth-order valence-corrected chi connectivity index (χ4v) is 1.91. The quantitative estimate of drug-likeness (QED) is 0.877. The van der Waals surface area contributed by atoms with Gasteiger partial charge in [-0.25, -0.2) is 4.98 Å². The molecule has 0 atom stereocenters. The molecule has 5 nitrogen and oxygen atoms in total. The van der Waals surface area contributed by atoms with E-state index >= 15 is 0 Å². The van der Waals surface area contributed by atoms with Crippen LogP contribution in [0.2, 0.25) is 0 Å². The summed E-state index contributed by atoms with van der Waals surface area (Å²) in [4.78, 5) is 8.80. The molecule has 1 aromatic carbocycles. The normalized spacial score (nSPS) is 10.0. The maximum absolute atomic E-state index is 8.99. The second kappa shape index (κ2) is 6.71. The predicted molar refractivity (Wildman–Crippen MR) is 84.7 cm³/mol. The second-order valence-corrected chi connectivity index (χ2v) is 4.91. The molecule has 0 aliphatic carbocycles. The van der Waals surface area contributed by atoms with Crippen molar-refractivity contribution < 1.29 is 0 Å². The number of aromatic nitrogens is 2. The van der Waals surface area contributed by atoms with Crippen LogP contribution in [0.15, 0.2) is 24.3 Å². The molecule has 0 fully saturated rings. The third-order valence-corrected chi connectivity index (χ3v) is 3.02. The van der Waals surface area contributed by atoms with Gasteiger partial charge in [-0.15, -0.1) is 0 Å². The summed E-state index contributed by atoms with van der Waals surface area (Å²) in [5.74, 6) is 1.34. The molecular formula is C16H19N5. The molecule has 1 heterocycles. The number of anilines is 3. The SMILES string of the molecule is CCCNc1nc(C)cc(Nc2cc(C#N)ccc2C)n1. The summed E-state index contributed by atoms with van der Waals surface area (Å²) in [5.41, 5.74) is 3.46. The molecule has 0 radical (unpaired) electrons. The minimum atomic E-state index is 0.619. The third-order valence-electron chi connectivity index (χ3n) is 3.02. The molecule has 0 aliphatic heterocycles. The zero-order valence-corrected chi connectivity index (χ0v) is 12.6. The zero-order chi connectivity index (χ0) is 15.2. The van der Waals surface area contributed by atoms with Gasteiger partial charge < -0.3 is 10.6 Å². The molecule has 2 rings (SSSR count). The van der Waals surface area contributed by atoms with E-state index in [0.29, 0.717) is 11.5 Å². The smallest absolute Gasteiger partial charge is 0.224 e. The molecule has 0 amide bonds. The van der Waals surface area contributed by atoms with Crippen LogP contribution in [-0.4, -0.2) is 16.5 Å². The lowest BCUT2D eigenvalue weighted by molar-refractivity contribution is 0.947. The molecular weight excluding hydrogens is 262 g/mol. The van der Waals surface area contributed by atoms with Crippen molar-refractivity contribution in [3.63, 3.8) is 0 Å². The first-order chi connectivity index (χ1) is 10.1. The number of benzene rings is 1.